The highest BCUT2D eigenvalue weighted by Gasteiger charge is 2.32. The fourth-order valence-electron chi connectivity index (χ4n) is 3.09. The Morgan fingerprint density at radius 1 is 1.25 bits per heavy atom. The molecule has 2 heterocycles. The Hall–Kier alpha value is -1.44. The molecule has 1 atom stereocenters. The summed E-state index contributed by atoms with van der Waals surface area (Å²) in [4.78, 5) is 26.7. The molecule has 0 spiro atoms. The molecule has 24 heavy (non-hydrogen) atoms. The van der Waals surface area contributed by atoms with E-state index >= 15 is 0 Å². The van der Waals surface area contributed by atoms with E-state index in [9.17, 15) is 9.59 Å². The van der Waals surface area contributed by atoms with Gasteiger partial charge in [0.05, 0.1) is 12.3 Å². The number of halogens is 1. The number of morpholine rings is 1. The molecule has 1 aromatic carbocycles. The fraction of sp³-hybridized carbons (Fsp3) is 0.529. The van der Waals surface area contributed by atoms with Crippen LogP contribution in [0.25, 0.3) is 0 Å². The molecule has 2 amide bonds. The molecule has 0 aliphatic carbocycles. The van der Waals surface area contributed by atoms with Gasteiger partial charge in [-0.3, -0.25) is 9.59 Å². The number of amides is 2. The van der Waals surface area contributed by atoms with Gasteiger partial charge in [-0.05, 0) is 40.9 Å². The number of nitrogens with zero attached hydrogens (tertiary/aromatic N) is 1. The quantitative estimate of drug-likeness (QED) is 0.815. The van der Waals surface area contributed by atoms with Crippen molar-refractivity contribution in [3.05, 3.63) is 28.7 Å². The SMILES string of the molecule is O=C(Nc1ccccc1Br)C1CCN(C(=O)C2CNCCO2)CC1. The summed E-state index contributed by atoms with van der Waals surface area (Å²) in [6.45, 7) is 3.14. The van der Waals surface area contributed by atoms with Crippen molar-refractivity contribution in [1.82, 2.24) is 10.2 Å². The lowest BCUT2D eigenvalue weighted by atomic mass is 9.95. The fourth-order valence-corrected chi connectivity index (χ4v) is 3.47. The molecular weight excluding hydrogens is 374 g/mol. The Kier molecular flexibility index (Phi) is 5.86. The molecule has 130 valence electrons. The van der Waals surface area contributed by atoms with Gasteiger partial charge in [-0.2, -0.15) is 0 Å². The molecule has 2 N–H and O–H groups in total. The number of carbonyl (C=O) groups excluding carboxylic acids is 2. The van der Waals surface area contributed by atoms with Gasteiger partial charge in [0.25, 0.3) is 5.91 Å². The van der Waals surface area contributed by atoms with Crippen LogP contribution in [0.1, 0.15) is 12.8 Å². The van der Waals surface area contributed by atoms with E-state index in [4.69, 9.17) is 4.74 Å². The second-order valence-corrected chi connectivity index (χ2v) is 6.99. The molecule has 0 bridgehead atoms. The standard InChI is InChI=1S/C17H22BrN3O3/c18-13-3-1-2-4-14(13)20-16(22)12-5-8-21(9-6-12)17(23)15-11-19-7-10-24-15/h1-4,12,15,19H,5-11H2,(H,20,22). The number of hydrogen-bond acceptors (Lipinski definition) is 4. The number of carbonyl (C=O) groups is 2. The van der Waals surface area contributed by atoms with E-state index < -0.39 is 0 Å². The zero-order chi connectivity index (χ0) is 16.9. The Labute approximate surface area is 150 Å². The number of nitrogens with one attached hydrogen (secondary N) is 2. The molecule has 3 rings (SSSR count). The Bertz CT molecular complexity index is 596. The smallest absolute Gasteiger partial charge is 0.253 e. The molecule has 6 nitrogen and oxygen atoms in total. The molecule has 0 saturated carbocycles. The maximum atomic E-state index is 12.4. The molecule has 0 radical (unpaired) electrons. The lowest BCUT2D eigenvalue weighted by molar-refractivity contribution is -0.147. The van der Waals surface area contributed by atoms with E-state index in [-0.39, 0.29) is 23.8 Å². The highest BCUT2D eigenvalue weighted by Crippen LogP contribution is 2.24. The van der Waals surface area contributed by atoms with E-state index in [0.717, 1.165) is 16.7 Å². The van der Waals surface area contributed by atoms with Crippen LogP contribution < -0.4 is 10.6 Å². The van der Waals surface area contributed by atoms with Crippen molar-refractivity contribution in [1.29, 1.82) is 0 Å². The lowest BCUT2D eigenvalue weighted by Gasteiger charge is -2.34. The molecular formula is C17H22BrN3O3. The van der Waals surface area contributed by atoms with E-state index in [2.05, 4.69) is 26.6 Å². The van der Waals surface area contributed by atoms with Crippen LogP contribution in [0.5, 0.6) is 0 Å². The molecule has 1 aromatic rings. The van der Waals surface area contributed by atoms with Gasteiger partial charge < -0.3 is 20.3 Å². The van der Waals surface area contributed by atoms with E-state index in [1.807, 2.05) is 29.2 Å². The van der Waals surface area contributed by atoms with Gasteiger partial charge in [0, 0.05) is 36.6 Å². The van der Waals surface area contributed by atoms with Crippen molar-refractivity contribution in [2.24, 2.45) is 5.92 Å². The predicted molar refractivity (Wildman–Crippen MR) is 94.7 cm³/mol. The third-order valence-corrected chi connectivity index (χ3v) is 5.20. The summed E-state index contributed by atoms with van der Waals surface area (Å²) in [7, 11) is 0. The summed E-state index contributed by atoms with van der Waals surface area (Å²) >= 11 is 3.43. The number of hydrogen-bond donors (Lipinski definition) is 2. The van der Waals surface area contributed by atoms with Crippen molar-refractivity contribution >= 4 is 33.4 Å². The maximum absolute atomic E-state index is 12.4. The van der Waals surface area contributed by atoms with Crippen LogP contribution in [0.3, 0.4) is 0 Å². The number of benzene rings is 1. The Morgan fingerprint density at radius 3 is 2.67 bits per heavy atom. The lowest BCUT2D eigenvalue weighted by Crippen LogP contribution is -2.51. The second-order valence-electron chi connectivity index (χ2n) is 6.13. The van der Waals surface area contributed by atoms with Gasteiger partial charge in [-0.15, -0.1) is 0 Å². The van der Waals surface area contributed by atoms with Crippen molar-refractivity contribution in [2.45, 2.75) is 18.9 Å². The summed E-state index contributed by atoms with van der Waals surface area (Å²) < 4.78 is 6.39. The van der Waals surface area contributed by atoms with Gasteiger partial charge in [-0.25, -0.2) is 0 Å². The molecule has 2 aliphatic heterocycles. The zero-order valence-electron chi connectivity index (χ0n) is 13.5. The third-order valence-electron chi connectivity index (χ3n) is 4.51. The van der Waals surface area contributed by atoms with E-state index in [0.29, 0.717) is 39.1 Å². The monoisotopic (exact) mass is 395 g/mol. The van der Waals surface area contributed by atoms with Crippen molar-refractivity contribution in [3.63, 3.8) is 0 Å². The average molecular weight is 396 g/mol. The number of likely N-dealkylation sites (tertiary alicyclic amines) is 1. The number of ether oxygens (including phenoxy) is 1. The van der Waals surface area contributed by atoms with Gasteiger partial charge in [-0.1, -0.05) is 12.1 Å². The molecule has 0 aromatic heterocycles. The van der Waals surface area contributed by atoms with Crippen molar-refractivity contribution in [3.8, 4) is 0 Å². The molecule has 2 aliphatic rings. The minimum absolute atomic E-state index is 0.0181. The molecule has 7 heteroatoms. The van der Waals surface area contributed by atoms with Crippen LogP contribution in [0.15, 0.2) is 28.7 Å². The van der Waals surface area contributed by atoms with Crippen LogP contribution in [-0.2, 0) is 14.3 Å². The summed E-state index contributed by atoms with van der Waals surface area (Å²) in [6.07, 6.45) is 0.981. The van der Waals surface area contributed by atoms with Crippen LogP contribution >= 0.6 is 15.9 Å². The average Bonchev–Trinajstić information content (AvgIpc) is 2.64. The zero-order valence-corrected chi connectivity index (χ0v) is 15.0. The van der Waals surface area contributed by atoms with Gasteiger partial charge in [0.1, 0.15) is 6.10 Å². The van der Waals surface area contributed by atoms with Crippen molar-refractivity contribution < 1.29 is 14.3 Å². The van der Waals surface area contributed by atoms with Crippen LogP contribution in [0.2, 0.25) is 0 Å². The first kappa shape index (κ1) is 17.4. The van der Waals surface area contributed by atoms with Gasteiger partial charge in [0.2, 0.25) is 5.91 Å². The first-order chi connectivity index (χ1) is 11.6. The van der Waals surface area contributed by atoms with Crippen LogP contribution in [0.4, 0.5) is 5.69 Å². The minimum atomic E-state index is -0.385. The summed E-state index contributed by atoms with van der Waals surface area (Å²) in [5.74, 6) is -0.0111. The molecule has 2 saturated heterocycles. The Morgan fingerprint density at radius 2 is 2.00 bits per heavy atom. The van der Waals surface area contributed by atoms with E-state index in [1.54, 1.807) is 0 Å². The Balaban J connectivity index is 1.50. The maximum Gasteiger partial charge on any atom is 0.253 e. The summed E-state index contributed by atoms with van der Waals surface area (Å²) in [5.41, 5.74) is 0.780. The van der Waals surface area contributed by atoms with E-state index in [1.165, 1.54) is 0 Å². The van der Waals surface area contributed by atoms with Crippen molar-refractivity contribution in [2.75, 3.05) is 38.1 Å². The number of piperidine rings is 1. The van der Waals surface area contributed by atoms with Crippen LogP contribution in [0, 0.1) is 5.92 Å². The minimum Gasteiger partial charge on any atom is -0.366 e. The highest BCUT2D eigenvalue weighted by atomic mass is 79.9. The third kappa shape index (κ3) is 4.15. The number of rotatable bonds is 3. The van der Waals surface area contributed by atoms with Crippen LogP contribution in [-0.4, -0.2) is 55.6 Å². The largest absolute Gasteiger partial charge is 0.366 e. The second kappa shape index (κ2) is 8.09. The highest BCUT2D eigenvalue weighted by molar-refractivity contribution is 9.10. The first-order valence-corrected chi connectivity index (χ1v) is 9.11. The van der Waals surface area contributed by atoms with Gasteiger partial charge in [0.15, 0.2) is 0 Å². The first-order valence-electron chi connectivity index (χ1n) is 8.31. The van der Waals surface area contributed by atoms with Gasteiger partial charge >= 0.3 is 0 Å². The number of anilines is 1. The normalized spacial score (nSPS) is 22.2. The molecule has 2 fully saturated rings. The molecule has 1 unspecified atom stereocenters. The number of para-hydroxylation sites is 1. The summed E-state index contributed by atoms with van der Waals surface area (Å²) in [6, 6.07) is 7.56. The topological polar surface area (TPSA) is 70.7 Å². The predicted octanol–water partition coefficient (Wildman–Crippen LogP) is 1.61. The summed E-state index contributed by atoms with van der Waals surface area (Å²) in [5, 5.41) is 6.14.